The largest absolute Gasteiger partial charge is 0.497 e. The lowest BCUT2D eigenvalue weighted by molar-refractivity contribution is 0.415. The minimum absolute atomic E-state index is 0.631. The smallest absolute Gasteiger partial charge is 0.150 e. The molecule has 6 nitrogen and oxygen atoms in total. The normalized spacial score (nSPS) is 16.6. The Labute approximate surface area is 172 Å². The highest BCUT2D eigenvalue weighted by molar-refractivity contribution is 7.86. The molecule has 2 aromatic rings. The highest BCUT2D eigenvalue weighted by Gasteiger charge is 2.17. The summed E-state index contributed by atoms with van der Waals surface area (Å²) in [4.78, 5) is 3.64. The van der Waals surface area contributed by atoms with E-state index in [0.717, 1.165) is 30.2 Å². The summed E-state index contributed by atoms with van der Waals surface area (Å²) in [6.45, 7) is 2.00. The number of benzene rings is 2. The van der Waals surface area contributed by atoms with Crippen LogP contribution in [0.4, 0.5) is 11.4 Å². The molecule has 0 aliphatic carbocycles. The molecule has 3 rings (SSSR count). The van der Waals surface area contributed by atoms with Crippen molar-refractivity contribution in [2.24, 2.45) is 0 Å². The van der Waals surface area contributed by atoms with Gasteiger partial charge >= 0.3 is 0 Å². The van der Waals surface area contributed by atoms with Crippen LogP contribution in [0, 0.1) is 0 Å². The second-order valence-electron chi connectivity index (χ2n) is 6.83. The average Bonchev–Trinajstić information content (AvgIpc) is 2.73. The zero-order valence-electron chi connectivity index (χ0n) is 16.5. The minimum Gasteiger partial charge on any atom is -0.497 e. The van der Waals surface area contributed by atoms with Gasteiger partial charge in [0.1, 0.15) is 27.7 Å². The molecule has 2 aromatic carbocycles. The minimum atomic E-state index is -1.44. The Morgan fingerprint density at radius 2 is 1.61 bits per heavy atom. The lowest BCUT2D eigenvalue weighted by Crippen LogP contribution is -2.30. The predicted octanol–water partition coefficient (Wildman–Crippen LogP) is 3.40. The van der Waals surface area contributed by atoms with Crippen LogP contribution in [0.5, 0.6) is 5.75 Å². The van der Waals surface area contributed by atoms with Crippen molar-refractivity contribution in [3.8, 4) is 5.75 Å². The molecule has 0 spiro atoms. The van der Waals surface area contributed by atoms with E-state index in [1.807, 2.05) is 18.2 Å². The summed E-state index contributed by atoms with van der Waals surface area (Å²) in [6, 6.07) is 12.8. The summed E-state index contributed by atoms with van der Waals surface area (Å²) >= 11 is 0. The monoisotopic (exact) mass is 421 g/mol. The number of hydrogen-bond acceptors (Lipinski definition) is 4. The van der Waals surface area contributed by atoms with Gasteiger partial charge < -0.3 is 9.64 Å². The van der Waals surface area contributed by atoms with Gasteiger partial charge in [-0.05, 0) is 69.8 Å². The van der Waals surface area contributed by atoms with Crippen molar-refractivity contribution in [2.75, 3.05) is 43.9 Å². The van der Waals surface area contributed by atoms with E-state index < -0.39 is 22.0 Å². The first-order chi connectivity index (χ1) is 13.5. The molecule has 0 bridgehead atoms. The molecule has 1 N–H and O–H groups in total. The van der Waals surface area contributed by atoms with Gasteiger partial charge in [0.15, 0.2) is 0 Å². The third-order valence-corrected chi connectivity index (χ3v) is 7.12. The van der Waals surface area contributed by atoms with Crippen LogP contribution in [0.15, 0.2) is 52.3 Å². The fourth-order valence-corrected chi connectivity index (χ4v) is 4.84. The Morgan fingerprint density at radius 3 is 2.21 bits per heavy atom. The molecule has 8 heteroatoms. The molecule has 1 fully saturated rings. The van der Waals surface area contributed by atoms with Gasteiger partial charge in [-0.1, -0.05) is 0 Å². The first kappa shape index (κ1) is 20.8. The van der Waals surface area contributed by atoms with Crippen LogP contribution in [-0.4, -0.2) is 47.0 Å². The van der Waals surface area contributed by atoms with Crippen LogP contribution in [0.2, 0.25) is 0 Å². The Hall–Kier alpha value is -1.90. The molecule has 0 amide bonds. The molecule has 2 unspecified atom stereocenters. The SMILES string of the molecule is COc1ccc(N2CCCCC2)c(NS(=O)c2ccc(S(=O)N(C)C)cc2)c1. The first-order valence-corrected chi connectivity index (χ1v) is 11.6. The fraction of sp³-hybridized carbons (Fsp3) is 0.400. The maximum atomic E-state index is 12.9. The number of hydrogen-bond donors (Lipinski definition) is 1. The van der Waals surface area contributed by atoms with Gasteiger partial charge in [-0.25, -0.2) is 12.7 Å². The van der Waals surface area contributed by atoms with E-state index in [0.29, 0.717) is 9.79 Å². The molecule has 1 aliphatic rings. The maximum absolute atomic E-state index is 12.9. The van der Waals surface area contributed by atoms with Gasteiger partial charge in [0, 0.05) is 19.2 Å². The molecular formula is C20H27N3O3S2. The Balaban J connectivity index is 1.81. The number of ether oxygens (including phenoxy) is 1. The van der Waals surface area contributed by atoms with E-state index in [2.05, 4.69) is 9.62 Å². The third-order valence-electron chi connectivity index (χ3n) is 4.67. The summed E-state index contributed by atoms with van der Waals surface area (Å²) in [5, 5.41) is 0. The number of nitrogens with one attached hydrogen (secondary N) is 1. The van der Waals surface area contributed by atoms with Crippen LogP contribution in [0.1, 0.15) is 19.3 Å². The highest BCUT2D eigenvalue weighted by atomic mass is 32.2. The summed E-state index contributed by atoms with van der Waals surface area (Å²) in [5.74, 6) is 0.719. The highest BCUT2D eigenvalue weighted by Crippen LogP contribution is 2.33. The quantitative estimate of drug-likeness (QED) is 0.744. The summed E-state index contributed by atoms with van der Waals surface area (Å²) in [6.07, 6.45) is 3.58. The van der Waals surface area contributed by atoms with Gasteiger partial charge in [0.2, 0.25) is 0 Å². The van der Waals surface area contributed by atoms with Gasteiger partial charge in [-0.2, -0.15) is 0 Å². The predicted molar refractivity (Wildman–Crippen MR) is 116 cm³/mol. The summed E-state index contributed by atoms with van der Waals surface area (Å²) < 4.78 is 35.2. The standard InChI is InChI=1S/C20H27N3O3S2/c1-22(2)28(25)18-10-8-17(9-11-18)27(24)21-19-15-16(26-3)7-12-20(19)23-13-5-4-6-14-23/h7-12,15,21H,4-6,13-14H2,1-3H3. The molecule has 1 saturated heterocycles. The van der Waals surface area contributed by atoms with Crippen LogP contribution in [0.3, 0.4) is 0 Å². The number of anilines is 2. The van der Waals surface area contributed by atoms with Gasteiger partial charge in [-0.3, -0.25) is 4.72 Å². The molecule has 0 saturated carbocycles. The Kier molecular flexibility index (Phi) is 7.09. The molecule has 0 radical (unpaired) electrons. The lowest BCUT2D eigenvalue weighted by atomic mass is 10.1. The van der Waals surface area contributed by atoms with E-state index in [-0.39, 0.29) is 0 Å². The van der Waals surface area contributed by atoms with E-state index in [9.17, 15) is 8.42 Å². The first-order valence-electron chi connectivity index (χ1n) is 9.30. The third kappa shape index (κ3) is 4.92. The van der Waals surface area contributed by atoms with Crippen molar-refractivity contribution in [2.45, 2.75) is 29.1 Å². The average molecular weight is 422 g/mol. The fourth-order valence-electron chi connectivity index (χ4n) is 3.18. The van der Waals surface area contributed by atoms with Crippen molar-refractivity contribution >= 4 is 33.3 Å². The lowest BCUT2D eigenvalue weighted by Gasteiger charge is -2.30. The molecule has 1 aliphatic heterocycles. The molecule has 0 aromatic heterocycles. The van der Waals surface area contributed by atoms with Gasteiger partial charge in [-0.15, -0.1) is 0 Å². The Morgan fingerprint density at radius 1 is 0.964 bits per heavy atom. The summed E-state index contributed by atoms with van der Waals surface area (Å²) in [7, 11) is 2.49. The topological polar surface area (TPSA) is 61.9 Å². The number of piperidine rings is 1. The molecule has 1 heterocycles. The van der Waals surface area contributed by atoms with E-state index in [1.54, 1.807) is 49.8 Å². The van der Waals surface area contributed by atoms with E-state index in [4.69, 9.17) is 4.74 Å². The van der Waals surface area contributed by atoms with Crippen molar-refractivity contribution in [1.82, 2.24) is 4.31 Å². The number of rotatable bonds is 7. The van der Waals surface area contributed by atoms with E-state index in [1.165, 1.54) is 19.3 Å². The number of methoxy groups -OCH3 is 1. The zero-order valence-corrected chi connectivity index (χ0v) is 18.1. The maximum Gasteiger partial charge on any atom is 0.150 e. The number of nitrogens with zero attached hydrogens (tertiary/aromatic N) is 2. The van der Waals surface area contributed by atoms with Gasteiger partial charge in [0.25, 0.3) is 0 Å². The van der Waals surface area contributed by atoms with Crippen LogP contribution < -0.4 is 14.4 Å². The zero-order chi connectivity index (χ0) is 20.1. The van der Waals surface area contributed by atoms with Crippen molar-refractivity contribution in [1.29, 1.82) is 0 Å². The summed E-state index contributed by atoms with van der Waals surface area (Å²) in [5.41, 5.74) is 1.83. The second-order valence-corrected chi connectivity index (χ2v) is 9.75. The van der Waals surface area contributed by atoms with Crippen LogP contribution in [-0.2, 0) is 22.0 Å². The van der Waals surface area contributed by atoms with Crippen LogP contribution >= 0.6 is 0 Å². The van der Waals surface area contributed by atoms with Gasteiger partial charge in [0.05, 0.1) is 28.3 Å². The molecule has 2 atom stereocenters. The van der Waals surface area contributed by atoms with E-state index >= 15 is 0 Å². The van der Waals surface area contributed by atoms with Crippen molar-refractivity contribution in [3.05, 3.63) is 42.5 Å². The molecule has 152 valence electrons. The molecule has 28 heavy (non-hydrogen) atoms. The van der Waals surface area contributed by atoms with Crippen LogP contribution in [0.25, 0.3) is 0 Å². The van der Waals surface area contributed by atoms with Crippen molar-refractivity contribution < 1.29 is 13.2 Å². The molecular weight excluding hydrogens is 394 g/mol. The Bertz CT molecular complexity index is 850. The second kappa shape index (κ2) is 9.54. The van der Waals surface area contributed by atoms with Crippen molar-refractivity contribution in [3.63, 3.8) is 0 Å².